The number of aliphatic carboxylic acids is 1. The SMILES string of the molecule is CCCC1(C(=O)O)CCCN1CC(C)O. The lowest BCUT2D eigenvalue weighted by atomic mass is 9.90. The number of hydrogen-bond donors (Lipinski definition) is 2. The number of aliphatic hydroxyl groups excluding tert-OH is 1. The van der Waals surface area contributed by atoms with Crippen LogP contribution in [0.4, 0.5) is 0 Å². The Morgan fingerprint density at radius 1 is 1.60 bits per heavy atom. The summed E-state index contributed by atoms with van der Waals surface area (Å²) in [6.07, 6.45) is 2.71. The third-order valence-electron chi connectivity index (χ3n) is 3.17. The molecule has 0 amide bonds. The molecule has 0 aromatic heterocycles. The van der Waals surface area contributed by atoms with Gasteiger partial charge in [-0.2, -0.15) is 0 Å². The maximum absolute atomic E-state index is 11.4. The fraction of sp³-hybridized carbons (Fsp3) is 0.909. The molecule has 4 nitrogen and oxygen atoms in total. The van der Waals surface area contributed by atoms with Crippen LogP contribution in [0.15, 0.2) is 0 Å². The summed E-state index contributed by atoms with van der Waals surface area (Å²) in [7, 11) is 0. The van der Waals surface area contributed by atoms with Crippen LogP contribution in [0.5, 0.6) is 0 Å². The molecule has 2 unspecified atom stereocenters. The molecule has 88 valence electrons. The summed E-state index contributed by atoms with van der Waals surface area (Å²) in [5.41, 5.74) is -0.717. The molecule has 0 aromatic rings. The average Bonchev–Trinajstić information content (AvgIpc) is 2.49. The molecule has 0 bridgehead atoms. The molecule has 1 heterocycles. The van der Waals surface area contributed by atoms with Crippen LogP contribution >= 0.6 is 0 Å². The smallest absolute Gasteiger partial charge is 0.324 e. The summed E-state index contributed by atoms with van der Waals surface area (Å²) in [6, 6.07) is 0. The summed E-state index contributed by atoms with van der Waals surface area (Å²) in [4.78, 5) is 13.3. The number of carboxylic acids is 1. The minimum absolute atomic E-state index is 0.460. The van der Waals surface area contributed by atoms with Gasteiger partial charge in [0.25, 0.3) is 0 Å². The number of hydrogen-bond acceptors (Lipinski definition) is 3. The van der Waals surface area contributed by atoms with Crippen molar-refractivity contribution in [3.05, 3.63) is 0 Å². The zero-order valence-electron chi connectivity index (χ0n) is 9.57. The molecule has 1 fully saturated rings. The van der Waals surface area contributed by atoms with Gasteiger partial charge in [0.2, 0.25) is 0 Å². The van der Waals surface area contributed by atoms with Crippen molar-refractivity contribution < 1.29 is 15.0 Å². The van der Waals surface area contributed by atoms with Crippen molar-refractivity contribution in [2.75, 3.05) is 13.1 Å². The molecular formula is C11H21NO3. The van der Waals surface area contributed by atoms with Crippen LogP contribution in [0.2, 0.25) is 0 Å². The molecule has 0 radical (unpaired) electrons. The lowest BCUT2D eigenvalue weighted by Crippen LogP contribution is -2.52. The van der Waals surface area contributed by atoms with Gasteiger partial charge < -0.3 is 10.2 Å². The van der Waals surface area contributed by atoms with Gasteiger partial charge in [0, 0.05) is 6.54 Å². The highest BCUT2D eigenvalue weighted by molar-refractivity contribution is 5.79. The number of nitrogens with zero attached hydrogens (tertiary/aromatic N) is 1. The van der Waals surface area contributed by atoms with Crippen molar-refractivity contribution in [3.8, 4) is 0 Å². The molecule has 1 saturated heterocycles. The molecule has 2 N–H and O–H groups in total. The standard InChI is InChI=1S/C11H21NO3/c1-3-5-11(10(14)15)6-4-7-12(11)8-9(2)13/h9,13H,3-8H2,1-2H3,(H,14,15). The fourth-order valence-corrected chi connectivity index (χ4v) is 2.57. The average molecular weight is 215 g/mol. The highest BCUT2D eigenvalue weighted by atomic mass is 16.4. The van der Waals surface area contributed by atoms with Gasteiger partial charge >= 0.3 is 5.97 Å². The van der Waals surface area contributed by atoms with Gasteiger partial charge in [-0.25, -0.2) is 0 Å². The predicted molar refractivity (Wildman–Crippen MR) is 57.8 cm³/mol. The topological polar surface area (TPSA) is 60.8 Å². The van der Waals surface area contributed by atoms with Crippen LogP contribution in [0.25, 0.3) is 0 Å². The first kappa shape index (κ1) is 12.5. The van der Waals surface area contributed by atoms with Crippen molar-refractivity contribution in [1.29, 1.82) is 0 Å². The van der Waals surface area contributed by atoms with Gasteiger partial charge in [-0.3, -0.25) is 9.69 Å². The Balaban J connectivity index is 2.79. The van der Waals surface area contributed by atoms with Crippen LogP contribution in [-0.2, 0) is 4.79 Å². The predicted octanol–water partition coefficient (Wildman–Crippen LogP) is 1.09. The van der Waals surface area contributed by atoms with Gasteiger partial charge in [-0.05, 0) is 32.7 Å². The second-order valence-corrected chi connectivity index (χ2v) is 4.49. The molecule has 0 saturated carbocycles. The zero-order valence-corrected chi connectivity index (χ0v) is 9.57. The van der Waals surface area contributed by atoms with E-state index in [1.807, 2.05) is 11.8 Å². The summed E-state index contributed by atoms with van der Waals surface area (Å²) < 4.78 is 0. The van der Waals surface area contributed by atoms with Crippen LogP contribution in [0.3, 0.4) is 0 Å². The lowest BCUT2D eigenvalue weighted by molar-refractivity contribution is -0.151. The largest absolute Gasteiger partial charge is 0.480 e. The van der Waals surface area contributed by atoms with Gasteiger partial charge in [-0.15, -0.1) is 0 Å². The molecule has 1 aliphatic rings. The first-order valence-corrected chi connectivity index (χ1v) is 5.69. The summed E-state index contributed by atoms with van der Waals surface area (Å²) in [6.45, 7) is 4.96. The highest BCUT2D eigenvalue weighted by Gasteiger charge is 2.46. The molecule has 15 heavy (non-hydrogen) atoms. The van der Waals surface area contributed by atoms with Crippen LogP contribution < -0.4 is 0 Å². The number of likely N-dealkylation sites (tertiary alicyclic amines) is 1. The lowest BCUT2D eigenvalue weighted by Gasteiger charge is -2.35. The third-order valence-corrected chi connectivity index (χ3v) is 3.17. The monoisotopic (exact) mass is 215 g/mol. The Kier molecular flexibility index (Phi) is 4.11. The molecule has 1 aliphatic heterocycles. The zero-order chi connectivity index (χ0) is 11.5. The van der Waals surface area contributed by atoms with E-state index in [1.54, 1.807) is 6.92 Å². The first-order valence-electron chi connectivity index (χ1n) is 5.69. The van der Waals surface area contributed by atoms with E-state index in [0.29, 0.717) is 19.4 Å². The van der Waals surface area contributed by atoms with Crippen molar-refractivity contribution in [2.24, 2.45) is 0 Å². The number of rotatable bonds is 5. The van der Waals surface area contributed by atoms with Crippen LogP contribution in [0.1, 0.15) is 39.5 Å². The maximum atomic E-state index is 11.4. The fourth-order valence-electron chi connectivity index (χ4n) is 2.57. The van der Waals surface area contributed by atoms with E-state index in [0.717, 1.165) is 19.4 Å². The molecule has 2 atom stereocenters. The van der Waals surface area contributed by atoms with E-state index >= 15 is 0 Å². The van der Waals surface area contributed by atoms with E-state index in [2.05, 4.69) is 0 Å². The molecular weight excluding hydrogens is 194 g/mol. The number of aliphatic hydroxyl groups is 1. The van der Waals surface area contributed by atoms with Gasteiger partial charge in [-0.1, -0.05) is 13.3 Å². The molecule has 0 aliphatic carbocycles. The highest BCUT2D eigenvalue weighted by Crippen LogP contribution is 2.33. The van der Waals surface area contributed by atoms with Gasteiger partial charge in [0.15, 0.2) is 0 Å². The number of carboxylic acid groups (broad SMARTS) is 1. The quantitative estimate of drug-likeness (QED) is 0.720. The van der Waals surface area contributed by atoms with Gasteiger partial charge in [0.1, 0.15) is 5.54 Å². The van der Waals surface area contributed by atoms with Crippen LogP contribution in [-0.4, -0.2) is 45.8 Å². The van der Waals surface area contributed by atoms with Crippen LogP contribution in [0, 0.1) is 0 Å². The van der Waals surface area contributed by atoms with Crippen molar-refractivity contribution in [3.63, 3.8) is 0 Å². The van der Waals surface area contributed by atoms with Crippen molar-refractivity contribution >= 4 is 5.97 Å². The Labute approximate surface area is 90.9 Å². The summed E-state index contributed by atoms with van der Waals surface area (Å²) >= 11 is 0. The Morgan fingerprint density at radius 2 is 2.27 bits per heavy atom. The molecule has 4 heteroatoms. The Hall–Kier alpha value is -0.610. The van der Waals surface area contributed by atoms with E-state index < -0.39 is 17.6 Å². The van der Waals surface area contributed by atoms with Gasteiger partial charge in [0.05, 0.1) is 6.10 Å². The van der Waals surface area contributed by atoms with E-state index in [9.17, 15) is 15.0 Å². The molecule has 0 spiro atoms. The minimum Gasteiger partial charge on any atom is -0.480 e. The molecule has 0 aromatic carbocycles. The van der Waals surface area contributed by atoms with E-state index in [4.69, 9.17) is 0 Å². The summed E-state index contributed by atoms with van der Waals surface area (Å²) in [5.74, 6) is -0.734. The number of carbonyl (C=O) groups is 1. The van der Waals surface area contributed by atoms with Crippen molar-refractivity contribution in [1.82, 2.24) is 4.90 Å². The summed E-state index contributed by atoms with van der Waals surface area (Å²) in [5, 5.41) is 18.7. The maximum Gasteiger partial charge on any atom is 0.324 e. The second kappa shape index (κ2) is 4.94. The van der Waals surface area contributed by atoms with Crippen molar-refractivity contribution in [2.45, 2.75) is 51.2 Å². The normalized spacial score (nSPS) is 29.3. The Bertz CT molecular complexity index is 230. The molecule has 1 rings (SSSR count). The minimum atomic E-state index is -0.734. The second-order valence-electron chi connectivity index (χ2n) is 4.49. The first-order chi connectivity index (χ1) is 7.03. The Morgan fingerprint density at radius 3 is 2.73 bits per heavy atom. The number of β-amino-alcohol motifs (C(OH)–C–C–N with tert-alkyl or cyclic N) is 1. The van der Waals surface area contributed by atoms with E-state index in [-0.39, 0.29) is 0 Å². The van der Waals surface area contributed by atoms with E-state index in [1.165, 1.54) is 0 Å². The third kappa shape index (κ3) is 2.49.